The summed E-state index contributed by atoms with van der Waals surface area (Å²) in [5.41, 5.74) is 7.81. The minimum atomic E-state index is -2.67. The normalized spacial score (nSPS) is 16.6. The molecule has 0 saturated carbocycles. The highest BCUT2D eigenvalue weighted by Gasteiger charge is 2.50. The molecule has 4 rings (SSSR count). The smallest absolute Gasteiger partial charge is 0.261 e. The van der Waals surface area contributed by atoms with Crippen LogP contribution in [0.4, 0.5) is 5.69 Å². The van der Waals surface area contributed by atoms with Crippen molar-refractivity contribution in [3.8, 4) is 0 Å². The number of carbonyl (C=O) groups is 1. The monoisotopic (exact) mass is 508 g/mol. The lowest BCUT2D eigenvalue weighted by Crippen LogP contribution is -2.67. The molecule has 0 radical (unpaired) electrons. The van der Waals surface area contributed by atoms with Crippen molar-refractivity contribution in [3.05, 3.63) is 90.5 Å². The van der Waals surface area contributed by atoms with Gasteiger partial charge in [-0.1, -0.05) is 93.6 Å². The molecular weight excluding hydrogens is 472 g/mol. The number of nitrogens with zero attached hydrogens (tertiary/aromatic N) is 1. The molecule has 6 heteroatoms. The van der Waals surface area contributed by atoms with E-state index in [1.807, 2.05) is 41.3 Å². The molecule has 3 aromatic rings. The standard InChI is InChI=1S/C29H36N2O2Si.ClH/c1-29(2,3)34(26-15-6-4-7-16-26,27-17-8-5-9-18-27)33-22-24-13-11-19-31(28(24)32)25-14-10-12-23(20-25)21-30;/h4-10,12,14-18,20,24H,11,13,19,21-22,30H2,1-3H3;1H. The summed E-state index contributed by atoms with van der Waals surface area (Å²) in [5.74, 6) is -0.00436. The van der Waals surface area contributed by atoms with Crippen molar-refractivity contribution in [2.24, 2.45) is 11.7 Å². The number of nitrogens with two attached hydrogens (primary N) is 1. The van der Waals surface area contributed by atoms with Crippen LogP contribution in [0, 0.1) is 5.92 Å². The number of rotatable bonds is 7. The van der Waals surface area contributed by atoms with Crippen LogP contribution < -0.4 is 21.0 Å². The molecule has 0 aromatic heterocycles. The van der Waals surface area contributed by atoms with Crippen LogP contribution in [0.25, 0.3) is 0 Å². The fourth-order valence-electron chi connectivity index (χ4n) is 5.20. The zero-order chi connectivity index (χ0) is 24.2. The predicted molar refractivity (Wildman–Crippen MR) is 150 cm³/mol. The Labute approximate surface area is 217 Å². The third-order valence-electron chi connectivity index (χ3n) is 6.93. The van der Waals surface area contributed by atoms with Crippen molar-refractivity contribution in [1.82, 2.24) is 0 Å². The van der Waals surface area contributed by atoms with E-state index in [0.717, 1.165) is 30.6 Å². The van der Waals surface area contributed by atoms with Crippen LogP contribution in [0.15, 0.2) is 84.9 Å². The fourth-order valence-corrected chi connectivity index (χ4v) is 9.81. The molecular formula is C29H37ClN2O2Si. The third-order valence-corrected chi connectivity index (χ3v) is 11.9. The van der Waals surface area contributed by atoms with E-state index in [1.54, 1.807) is 0 Å². The Hall–Kier alpha value is -2.44. The molecule has 1 amide bonds. The predicted octanol–water partition coefficient (Wildman–Crippen LogP) is 4.89. The number of benzene rings is 3. The summed E-state index contributed by atoms with van der Waals surface area (Å²) in [4.78, 5) is 15.5. The van der Waals surface area contributed by atoms with Gasteiger partial charge in [0.1, 0.15) is 0 Å². The first kappa shape index (κ1) is 27.1. The van der Waals surface area contributed by atoms with Gasteiger partial charge in [0, 0.05) is 25.4 Å². The molecule has 1 saturated heterocycles. The van der Waals surface area contributed by atoms with E-state index >= 15 is 0 Å². The van der Waals surface area contributed by atoms with E-state index in [2.05, 4.69) is 69.3 Å². The largest absolute Gasteiger partial charge is 0.407 e. The van der Waals surface area contributed by atoms with Gasteiger partial charge in [0.2, 0.25) is 5.91 Å². The van der Waals surface area contributed by atoms with Crippen molar-refractivity contribution in [3.63, 3.8) is 0 Å². The molecule has 4 nitrogen and oxygen atoms in total. The number of anilines is 1. The quantitative estimate of drug-likeness (QED) is 0.462. The van der Waals surface area contributed by atoms with Crippen molar-refractivity contribution >= 4 is 42.7 Å². The Balaban J connectivity index is 0.00000342. The summed E-state index contributed by atoms with van der Waals surface area (Å²) in [7, 11) is -2.67. The third kappa shape index (κ3) is 5.54. The second-order valence-corrected chi connectivity index (χ2v) is 14.5. The zero-order valence-electron chi connectivity index (χ0n) is 20.9. The number of carbonyl (C=O) groups excluding carboxylic acids is 1. The lowest BCUT2D eigenvalue weighted by molar-refractivity contribution is -0.124. The molecule has 35 heavy (non-hydrogen) atoms. The number of hydrogen-bond acceptors (Lipinski definition) is 3. The maximum absolute atomic E-state index is 13.6. The van der Waals surface area contributed by atoms with Gasteiger partial charge in [-0.05, 0) is 45.9 Å². The summed E-state index contributed by atoms with van der Waals surface area (Å²) in [6.07, 6.45) is 1.82. The van der Waals surface area contributed by atoms with Gasteiger partial charge < -0.3 is 15.1 Å². The topological polar surface area (TPSA) is 55.6 Å². The van der Waals surface area contributed by atoms with Crippen molar-refractivity contribution < 1.29 is 9.22 Å². The molecule has 3 aromatic carbocycles. The second kappa shape index (κ2) is 11.5. The maximum Gasteiger partial charge on any atom is 0.261 e. The zero-order valence-corrected chi connectivity index (χ0v) is 22.8. The minimum Gasteiger partial charge on any atom is -0.407 e. The molecule has 1 heterocycles. The number of halogens is 1. The van der Waals surface area contributed by atoms with Crippen molar-refractivity contribution in [2.75, 3.05) is 18.1 Å². The Bertz CT molecular complexity index is 1060. The van der Waals surface area contributed by atoms with E-state index < -0.39 is 8.32 Å². The summed E-state index contributed by atoms with van der Waals surface area (Å²) in [5, 5.41) is 2.37. The van der Waals surface area contributed by atoms with Gasteiger partial charge in [0.15, 0.2) is 0 Å². The maximum atomic E-state index is 13.6. The average Bonchev–Trinajstić information content (AvgIpc) is 2.86. The molecule has 1 unspecified atom stereocenters. The van der Waals surface area contributed by atoms with E-state index in [4.69, 9.17) is 10.2 Å². The summed E-state index contributed by atoms with van der Waals surface area (Å²) in [6, 6.07) is 29.2. The first-order chi connectivity index (χ1) is 16.4. The molecule has 1 atom stereocenters. The van der Waals surface area contributed by atoms with Gasteiger partial charge in [-0.15, -0.1) is 12.4 Å². The van der Waals surface area contributed by atoms with Crippen LogP contribution >= 0.6 is 12.4 Å². The van der Waals surface area contributed by atoms with E-state index in [9.17, 15) is 4.79 Å². The van der Waals surface area contributed by atoms with Crippen LogP contribution in [0.2, 0.25) is 5.04 Å². The lowest BCUT2D eigenvalue weighted by Gasteiger charge is -2.44. The van der Waals surface area contributed by atoms with Crippen LogP contribution in [-0.2, 0) is 15.8 Å². The highest BCUT2D eigenvalue weighted by molar-refractivity contribution is 6.99. The Morgan fingerprint density at radius 3 is 2.09 bits per heavy atom. The lowest BCUT2D eigenvalue weighted by atomic mass is 9.97. The highest BCUT2D eigenvalue weighted by Crippen LogP contribution is 2.37. The van der Waals surface area contributed by atoms with Gasteiger partial charge in [-0.2, -0.15) is 0 Å². The number of piperidine rings is 1. The minimum absolute atomic E-state index is 0. The average molecular weight is 509 g/mol. The van der Waals surface area contributed by atoms with Crippen LogP contribution in [-0.4, -0.2) is 27.4 Å². The summed E-state index contributed by atoms with van der Waals surface area (Å²) in [6.45, 7) is 8.45. The van der Waals surface area contributed by atoms with Gasteiger partial charge in [-0.25, -0.2) is 0 Å². The van der Waals surface area contributed by atoms with E-state index in [1.165, 1.54) is 10.4 Å². The first-order valence-corrected chi connectivity index (χ1v) is 14.1. The number of hydrogen-bond donors (Lipinski definition) is 1. The van der Waals surface area contributed by atoms with Gasteiger partial charge >= 0.3 is 0 Å². The molecule has 0 aliphatic carbocycles. The van der Waals surface area contributed by atoms with Crippen LogP contribution in [0.1, 0.15) is 39.2 Å². The number of amides is 1. The van der Waals surface area contributed by atoms with Gasteiger partial charge in [0.25, 0.3) is 8.32 Å². The highest BCUT2D eigenvalue weighted by atomic mass is 35.5. The van der Waals surface area contributed by atoms with E-state index in [-0.39, 0.29) is 29.3 Å². The van der Waals surface area contributed by atoms with Crippen molar-refractivity contribution in [1.29, 1.82) is 0 Å². The first-order valence-electron chi connectivity index (χ1n) is 12.2. The second-order valence-electron chi connectivity index (χ2n) is 10.2. The fraction of sp³-hybridized carbons (Fsp3) is 0.345. The molecule has 1 aliphatic rings. The molecule has 2 N–H and O–H groups in total. The molecule has 1 aliphatic heterocycles. The SMILES string of the molecule is CC(C)(C)[Si](OCC1CCCN(c2cccc(CN)c2)C1=O)(c1ccccc1)c1ccccc1.Cl. The molecule has 1 fully saturated rings. The molecule has 0 bridgehead atoms. The molecule has 186 valence electrons. The van der Waals surface area contributed by atoms with Crippen LogP contribution in [0.5, 0.6) is 0 Å². The Morgan fingerprint density at radius 2 is 1.54 bits per heavy atom. The molecule has 0 spiro atoms. The Morgan fingerprint density at radius 1 is 0.943 bits per heavy atom. The summed E-state index contributed by atoms with van der Waals surface area (Å²) < 4.78 is 7.08. The van der Waals surface area contributed by atoms with Gasteiger partial charge in [-0.3, -0.25) is 4.79 Å². The van der Waals surface area contributed by atoms with Gasteiger partial charge in [0.05, 0.1) is 5.92 Å². The summed E-state index contributed by atoms with van der Waals surface area (Å²) >= 11 is 0. The van der Waals surface area contributed by atoms with E-state index in [0.29, 0.717) is 13.2 Å². The van der Waals surface area contributed by atoms with Crippen molar-refractivity contribution in [2.45, 2.75) is 45.2 Å². The Kier molecular flexibility index (Phi) is 8.94. The van der Waals surface area contributed by atoms with Crippen LogP contribution in [0.3, 0.4) is 0 Å².